The van der Waals surface area contributed by atoms with Gasteiger partial charge in [-0.3, -0.25) is 10.1 Å². The average molecular weight is 354 g/mol. The van der Waals surface area contributed by atoms with E-state index in [0.717, 1.165) is 10.0 Å². The van der Waals surface area contributed by atoms with Crippen molar-refractivity contribution >= 4 is 33.4 Å². The second kappa shape index (κ2) is 6.88. The lowest BCUT2D eigenvalue weighted by Crippen LogP contribution is -2.33. The van der Waals surface area contributed by atoms with Crippen LogP contribution in [0, 0.1) is 0 Å². The van der Waals surface area contributed by atoms with Gasteiger partial charge in [0.25, 0.3) is 0 Å². The highest BCUT2D eigenvalue weighted by Gasteiger charge is 2.20. The van der Waals surface area contributed by atoms with Gasteiger partial charge in [-0.2, -0.15) is 0 Å². The standard InChI is InChI=1S/C15H14BrClN2O/c16-11-6-7-12(13(17)8-11)14(15(18)20)19-9-10-4-2-1-3-5-10/h1-8,14,19H,9H2,(H2,18,20). The van der Waals surface area contributed by atoms with Gasteiger partial charge < -0.3 is 5.73 Å². The Bertz CT molecular complexity index is 604. The Hall–Kier alpha value is -1.36. The molecule has 0 saturated heterocycles. The van der Waals surface area contributed by atoms with Crippen LogP contribution in [0.4, 0.5) is 0 Å². The minimum absolute atomic E-state index is 0.454. The first kappa shape index (κ1) is 15.0. The van der Waals surface area contributed by atoms with Gasteiger partial charge >= 0.3 is 0 Å². The number of hydrogen-bond acceptors (Lipinski definition) is 2. The molecular formula is C15H14BrClN2O. The third-order valence-electron chi connectivity index (χ3n) is 2.91. The number of hydrogen-bond donors (Lipinski definition) is 2. The van der Waals surface area contributed by atoms with Gasteiger partial charge in [-0.05, 0) is 23.3 Å². The Balaban J connectivity index is 2.17. The number of nitrogens with two attached hydrogens (primary N) is 1. The summed E-state index contributed by atoms with van der Waals surface area (Å²) in [6.07, 6.45) is 0. The van der Waals surface area contributed by atoms with Gasteiger partial charge in [-0.15, -0.1) is 0 Å². The van der Waals surface area contributed by atoms with E-state index < -0.39 is 11.9 Å². The highest BCUT2D eigenvalue weighted by Crippen LogP contribution is 2.26. The summed E-state index contributed by atoms with van der Waals surface area (Å²) in [4.78, 5) is 11.6. The summed E-state index contributed by atoms with van der Waals surface area (Å²) in [6.45, 7) is 0.542. The normalized spacial score (nSPS) is 12.1. The van der Waals surface area contributed by atoms with E-state index in [1.165, 1.54) is 0 Å². The first-order chi connectivity index (χ1) is 9.58. The van der Waals surface area contributed by atoms with Crippen molar-refractivity contribution in [3.8, 4) is 0 Å². The van der Waals surface area contributed by atoms with E-state index in [-0.39, 0.29) is 0 Å². The van der Waals surface area contributed by atoms with Crippen LogP contribution in [-0.4, -0.2) is 5.91 Å². The monoisotopic (exact) mass is 352 g/mol. The molecule has 0 aliphatic carbocycles. The van der Waals surface area contributed by atoms with E-state index in [1.807, 2.05) is 36.4 Å². The minimum Gasteiger partial charge on any atom is -0.368 e. The van der Waals surface area contributed by atoms with E-state index in [1.54, 1.807) is 12.1 Å². The van der Waals surface area contributed by atoms with Crippen LogP contribution in [0.3, 0.4) is 0 Å². The summed E-state index contributed by atoms with van der Waals surface area (Å²) in [5, 5.41) is 3.64. The van der Waals surface area contributed by atoms with Crippen molar-refractivity contribution in [3.05, 3.63) is 69.2 Å². The largest absolute Gasteiger partial charge is 0.368 e. The average Bonchev–Trinajstić information content (AvgIpc) is 2.42. The smallest absolute Gasteiger partial charge is 0.239 e. The molecule has 0 aliphatic heterocycles. The molecule has 3 nitrogen and oxygen atoms in total. The third-order valence-corrected chi connectivity index (χ3v) is 3.73. The molecule has 2 aromatic rings. The molecule has 20 heavy (non-hydrogen) atoms. The maximum atomic E-state index is 11.6. The van der Waals surface area contributed by atoms with Gasteiger partial charge in [0.2, 0.25) is 5.91 Å². The predicted molar refractivity (Wildman–Crippen MR) is 84.4 cm³/mol. The fourth-order valence-electron chi connectivity index (χ4n) is 1.92. The Morgan fingerprint density at radius 3 is 2.55 bits per heavy atom. The van der Waals surface area contributed by atoms with E-state index in [4.69, 9.17) is 17.3 Å². The Morgan fingerprint density at radius 2 is 1.95 bits per heavy atom. The fourth-order valence-corrected chi connectivity index (χ4v) is 2.70. The lowest BCUT2D eigenvalue weighted by Gasteiger charge is -2.17. The number of carbonyl (C=O) groups excluding carboxylic acids is 1. The van der Waals surface area contributed by atoms with Crippen molar-refractivity contribution in [1.82, 2.24) is 5.32 Å². The van der Waals surface area contributed by atoms with Crippen molar-refractivity contribution in [3.63, 3.8) is 0 Å². The number of benzene rings is 2. The maximum absolute atomic E-state index is 11.6. The van der Waals surface area contributed by atoms with Crippen LogP contribution in [-0.2, 0) is 11.3 Å². The molecule has 0 heterocycles. The Kier molecular flexibility index (Phi) is 5.17. The van der Waals surface area contributed by atoms with Gasteiger partial charge in [0.15, 0.2) is 0 Å². The molecule has 0 fully saturated rings. The molecule has 1 unspecified atom stereocenters. The van der Waals surface area contributed by atoms with E-state index in [0.29, 0.717) is 17.1 Å². The molecule has 0 aliphatic rings. The van der Waals surface area contributed by atoms with Gasteiger partial charge in [-0.25, -0.2) is 0 Å². The fraction of sp³-hybridized carbons (Fsp3) is 0.133. The molecule has 1 amide bonds. The lowest BCUT2D eigenvalue weighted by molar-refractivity contribution is -0.120. The van der Waals surface area contributed by atoms with E-state index >= 15 is 0 Å². The number of rotatable bonds is 5. The molecule has 2 aromatic carbocycles. The van der Waals surface area contributed by atoms with E-state index in [2.05, 4.69) is 21.2 Å². The van der Waals surface area contributed by atoms with Gasteiger partial charge in [-0.1, -0.05) is 63.9 Å². The molecule has 0 bridgehead atoms. The van der Waals surface area contributed by atoms with Crippen molar-refractivity contribution in [2.24, 2.45) is 5.73 Å². The van der Waals surface area contributed by atoms with Crippen LogP contribution in [0.1, 0.15) is 17.2 Å². The lowest BCUT2D eigenvalue weighted by atomic mass is 10.1. The van der Waals surface area contributed by atoms with Crippen LogP contribution >= 0.6 is 27.5 Å². The zero-order valence-corrected chi connectivity index (χ0v) is 13.0. The van der Waals surface area contributed by atoms with Crippen molar-refractivity contribution in [1.29, 1.82) is 0 Å². The molecule has 3 N–H and O–H groups in total. The van der Waals surface area contributed by atoms with Crippen molar-refractivity contribution in [2.45, 2.75) is 12.6 Å². The third kappa shape index (κ3) is 3.82. The minimum atomic E-state index is -0.615. The molecule has 0 spiro atoms. The summed E-state index contributed by atoms with van der Waals surface area (Å²) in [7, 11) is 0. The van der Waals surface area contributed by atoms with Gasteiger partial charge in [0.1, 0.15) is 6.04 Å². The number of halogens is 2. The topological polar surface area (TPSA) is 55.1 Å². The molecule has 104 valence electrons. The van der Waals surface area contributed by atoms with E-state index in [9.17, 15) is 4.79 Å². The predicted octanol–water partition coefficient (Wildman–Crippen LogP) is 3.42. The number of primary amides is 1. The van der Waals surface area contributed by atoms with Crippen LogP contribution in [0.25, 0.3) is 0 Å². The summed E-state index contributed by atoms with van der Waals surface area (Å²) >= 11 is 9.51. The highest BCUT2D eigenvalue weighted by molar-refractivity contribution is 9.10. The summed E-state index contributed by atoms with van der Waals surface area (Å²) in [5.41, 5.74) is 7.22. The zero-order chi connectivity index (χ0) is 14.5. The van der Waals surface area contributed by atoms with Crippen LogP contribution in [0.5, 0.6) is 0 Å². The number of carbonyl (C=O) groups is 1. The Labute approximate surface area is 131 Å². The van der Waals surface area contributed by atoms with Crippen molar-refractivity contribution < 1.29 is 4.79 Å². The second-order valence-corrected chi connectivity index (χ2v) is 5.69. The second-order valence-electron chi connectivity index (χ2n) is 4.37. The maximum Gasteiger partial charge on any atom is 0.239 e. The molecule has 0 saturated carbocycles. The zero-order valence-electron chi connectivity index (χ0n) is 10.6. The van der Waals surface area contributed by atoms with Crippen LogP contribution in [0.2, 0.25) is 5.02 Å². The Morgan fingerprint density at radius 1 is 1.25 bits per heavy atom. The summed E-state index contributed by atoms with van der Waals surface area (Å²) < 4.78 is 0.859. The van der Waals surface area contributed by atoms with Gasteiger partial charge in [0.05, 0.1) is 0 Å². The molecule has 1 atom stereocenters. The molecule has 2 rings (SSSR count). The molecule has 0 aromatic heterocycles. The van der Waals surface area contributed by atoms with Crippen LogP contribution < -0.4 is 11.1 Å². The van der Waals surface area contributed by atoms with Gasteiger partial charge in [0, 0.05) is 16.0 Å². The quantitative estimate of drug-likeness (QED) is 0.865. The molecule has 0 radical (unpaired) electrons. The highest BCUT2D eigenvalue weighted by atomic mass is 79.9. The van der Waals surface area contributed by atoms with Crippen molar-refractivity contribution in [2.75, 3.05) is 0 Å². The molecular weight excluding hydrogens is 340 g/mol. The molecule has 5 heteroatoms. The SMILES string of the molecule is NC(=O)C(NCc1ccccc1)c1ccc(Br)cc1Cl. The summed E-state index contributed by atoms with van der Waals surface area (Å²) in [6, 6.07) is 14.6. The first-order valence-electron chi connectivity index (χ1n) is 6.09. The number of amides is 1. The number of nitrogens with one attached hydrogen (secondary N) is 1. The first-order valence-corrected chi connectivity index (χ1v) is 7.26. The van der Waals surface area contributed by atoms with Crippen LogP contribution in [0.15, 0.2) is 53.0 Å². The summed E-state index contributed by atoms with van der Waals surface area (Å²) in [5.74, 6) is -0.454.